The number of amides is 1. The van der Waals surface area contributed by atoms with Crippen molar-refractivity contribution in [1.82, 2.24) is 0 Å². The van der Waals surface area contributed by atoms with Gasteiger partial charge in [-0.15, -0.1) is 0 Å². The van der Waals surface area contributed by atoms with Crippen molar-refractivity contribution in [2.24, 2.45) is 0 Å². The van der Waals surface area contributed by atoms with Crippen molar-refractivity contribution in [3.05, 3.63) is 40.8 Å². The van der Waals surface area contributed by atoms with Crippen molar-refractivity contribution >= 4 is 33.0 Å². The lowest BCUT2D eigenvalue weighted by molar-refractivity contribution is -0.170. The summed E-state index contributed by atoms with van der Waals surface area (Å²) in [5, 5.41) is 1.09. The third kappa shape index (κ3) is 3.56. The molecule has 1 amide bonds. The quantitative estimate of drug-likeness (QED) is 0.832. The Balaban J connectivity index is 2.43. The molecule has 0 fully saturated rings. The smallest absolute Gasteiger partial charge is 0.297 e. The number of hydrogen-bond donors (Lipinski definition) is 0. The highest BCUT2D eigenvalue weighted by Gasteiger charge is 2.46. The van der Waals surface area contributed by atoms with Gasteiger partial charge in [-0.1, -0.05) is 11.6 Å². The maximum absolute atomic E-state index is 12.7. The Kier molecular flexibility index (Phi) is 4.03. The van der Waals surface area contributed by atoms with Crippen molar-refractivity contribution in [3.8, 4) is 0 Å². The Morgan fingerprint density at radius 2 is 1.81 bits per heavy atom. The van der Waals surface area contributed by atoms with Crippen LogP contribution < -0.4 is 4.90 Å². The summed E-state index contributed by atoms with van der Waals surface area (Å²) in [6, 6.07) is 3.89. The highest BCUT2D eigenvalue weighted by Crippen LogP contribution is 2.29. The third-order valence-electron chi connectivity index (χ3n) is 2.81. The minimum atomic E-state index is -5.11. The molecule has 1 heterocycles. The summed E-state index contributed by atoms with van der Waals surface area (Å²) in [6.45, 7) is 0. The van der Waals surface area contributed by atoms with E-state index >= 15 is 0 Å². The van der Waals surface area contributed by atoms with Crippen molar-refractivity contribution in [2.45, 2.75) is 12.2 Å². The summed E-state index contributed by atoms with van der Waals surface area (Å²) in [4.78, 5) is 12.0. The lowest BCUT2D eigenvalue weighted by Gasteiger charge is -2.28. The van der Waals surface area contributed by atoms with Crippen LogP contribution in [0.5, 0.6) is 0 Å². The van der Waals surface area contributed by atoms with E-state index < -0.39 is 33.7 Å². The fourth-order valence-corrected chi connectivity index (χ4v) is 3.31. The number of benzene rings is 1. The molecule has 114 valence electrons. The average Bonchev–Trinajstić information content (AvgIpc) is 2.71. The number of carbonyl (C=O) groups is 1. The van der Waals surface area contributed by atoms with E-state index in [1.807, 2.05) is 0 Å². The van der Waals surface area contributed by atoms with Gasteiger partial charge in [0.25, 0.3) is 0 Å². The van der Waals surface area contributed by atoms with E-state index in [0.717, 1.165) is 11.5 Å². The number of alkyl halides is 3. The molecular formula is C12H9ClF3NO3S. The first-order chi connectivity index (χ1) is 9.60. The predicted octanol–water partition coefficient (Wildman–Crippen LogP) is 2.55. The van der Waals surface area contributed by atoms with Crippen LogP contribution in [0.1, 0.15) is 0 Å². The van der Waals surface area contributed by atoms with Crippen molar-refractivity contribution in [1.29, 1.82) is 0 Å². The average molecular weight is 340 g/mol. The molecule has 2 rings (SSSR count). The Morgan fingerprint density at radius 1 is 1.24 bits per heavy atom. The summed E-state index contributed by atoms with van der Waals surface area (Å²) >= 11 is 5.66. The summed E-state index contributed by atoms with van der Waals surface area (Å²) in [7, 11) is -3.60. The first-order valence-electron chi connectivity index (χ1n) is 5.67. The summed E-state index contributed by atoms with van der Waals surface area (Å²) in [5.74, 6) is -2.71. The topological polar surface area (TPSA) is 54.5 Å². The minimum Gasteiger partial charge on any atom is -0.297 e. The fraction of sp³-hybridized carbons (Fsp3) is 0.250. The van der Waals surface area contributed by atoms with Gasteiger partial charge in [0.05, 0.1) is 11.8 Å². The second-order valence-corrected chi connectivity index (χ2v) is 6.74. The normalized spacial score (nSPS) is 20.5. The molecule has 0 N–H and O–H groups in total. The molecular weight excluding hydrogens is 331 g/mol. The van der Waals surface area contributed by atoms with E-state index in [1.54, 1.807) is 0 Å². The molecule has 1 aromatic carbocycles. The molecule has 1 aliphatic heterocycles. The summed E-state index contributed by atoms with van der Waals surface area (Å²) < 4.78 is 60.9. The maximum Gasteiger partial charge on any atom is 0.471 e. The first-order valence-corrected chi connectivity index (χ1v) is 7.76. The van der Waals surface area contributed by atoms with Gasteiger partial charge in [0.2, 0.25) is 0 Å². The minimum absolute atomic E-state index is 0.0755. The highest BCUT2D eigenvalue weighted by atomic mass is 35.5. The Labute approximate surface area is 123 Å². The van der Waals surface area contributed by atoms with Crippen LogP contribution in [0.2, 0.25) is 5.02 Å². The van der Waals surface area contributed by atoms with Gasteiger partial charge in [-0.2, -0.15) is 13.2 Å². The van der Waals surface area contributed by atoms with E-state index in [4.69, 9.17) is 11.6 Å². The summed E-state index contributed by atoms with van der Waals surface area (Å²) in [6.07, 6.45) is -4.05. The van der Waals surface area contributed by atoms with Gasteiger partial charge >= 0.3 is 12.1 Å². The predicted molar refractivity (Wildman–Crippen MR) is 71.7 cm³/mol. The van der Waals surface area contributed by atoms with Crippen molar-refractivity contribution in [2.75, 3.05) is 10.7 Å². The number of hydrogen-bond acceptors (Lipinski definition) is 3. The molecule has 0 saturated carbocycles. The molecule has 0 unspecified atom stereocenters. The molecule has 9 heteroatoms. The fourth-order valence-electron chi connectivity index (χ4n) is 1.92. The van der Waals surface area contributed by atoms with E-state index in [9.17, 15) is 26.4 Å². The Morgan fingerprint density at radius 3 is 2.24 bits per heavy atom. The SMILES string of the molecule is O=C(N(c1ccc(Cl)cc1)[C@@H]1C=CS(=O)(=O)C1)C(F)(F)F. The lowest BCUT2D eigenvalue weighted by Crippen LogP contribution is -2.47. The van der Waals surface area contributed by atoms with Gasteiger partial charge in [0.15, 0.2) is 9.84 Å². The second kappa shape index (κ2) is 5.34. The second-order valence-electron chi connectivity index (χ2n) is 4.37. The van der Waals surface area contributed by atoms with Crippen LogP contribution in [0.3, 0.4) is 0 Å². The monoisotopic (exact) mass is 339 g/mol. The zero-order valence-corrected chi connectivity index (χ0v) is 11.9. The van der Waals surface area contributed by atoms with Gasteiger partial charge in [-0.25, -0.2) is 8.42 Å². The molecule has 0 radical (unpaired) electrons. The van der Waals surface area contributed by atoms with Crippen LogP contribution in [-0.2, 0) is 14.6 Å². The molecule has 4 nitrogen and oxygen atoms in total. The zero-order chi connectivity index (χ0) is 15.8. The highest BCUT2D eigenvalue weighted by molar-refractivity contribution is 7.94. The number of anilines is 1. The molecule has 0 aromatic heterocycles. The standard InChI is InChI=1S/C12H9ClF3NO3S/c13-8-1-3-9(4-2-8)17(11(18)12(14,15)16)10-5-6-21(19,20)7-10/h1-6,10H,7H2/t10-/m1/s1. The maximum atomic E-state index is 12.7. The Bertz CT molecular complexity index is 683. The molecule has 21 heavy (non-hydrogen) atoms. The van der Waals surface area contributed by atoms with Gasteiger partial charge in [-0.05, 0) is 30.3 Å². The summed E-state index contributed by atoms with van der Waals surface area (Å²) in [5.41, 5.74) is -0.0755. The number of sulfone groups is 1. The molecule has 1 aliphatic rings. The van der Waals surface area contributed by atoms with E-state index in [0.29, 0.717) is 4.90 Å². The Hall–Kier alpha value is -1.54. The van der Waals surface area contributed by atoms with Crippen LogP contribution in [-0.4, -0.2) is 32.3 Å². The molecule has 0 spiro atoms. The first kappa shape index (κ1) is 15.8. The van der Waals surface area contributed by atoms with Gasteiger partial charge in [-0.3, -0.25) is 9.69 Å². The molecule has 0 bridgehead atoms. The van der Waals surface area contributed by atoms with Crippen LogP contribution in [0.4, 0.5) is 18.9 Å². The van der Waals surface area contributed by atoms with Crippen LogP contribution >= 0.6 is 11.6 Å². The van der Waals surface area contributed by atoms with Gasteiger partial charge < -0.3 is 0 Å². The molecule has 1 aromatic rings. The zero-order valence-electron chi connectivity index (χ0n) is 10.3. The number of carbonyl (C=O) groups excluding carboxylic acids is 1. The van der Waals surface area contributed by atoms with Gasteiger partial charge in [0, 0.05) is 16.1 Å². The molecule has 1 atom stereocenters. The number of rotatable bonds is 2. The van der Waals surface area contributed by atoms with E-state index in [-0.39, 0.29) is 10.7 Å². The number of halogens is 4. The lowest BCUT2D eigenvalue weighted by atomic mass is 10.2. The van der Waals surface area contributed by atoms with Crippen molar-refractivity contribution in [3.63, 3.8) is 0 Å². The van der Waals surface area contributed by atoms with E-state index in [2.05, 4.69) is 0 Å². The van der Waals surface area contributed by atoms with Crippen LogP contribution in [0.15, 0.2) is 35.7 Å². The van der Waals surface area contributed by atoms with Crippen molar-refractivity contribution < 1.29 is 26.4 Å². The number of nitrogens with zero attached hydrogens (tertiary/aromatic N) is 1. The van der Waals surface area contributed by atoms with Gasteiger partial charge in [0.1, 0.15) is 0 Å². The van der Waals surface area contributed by atoms with Crippen LogP contribution in [0, 0.1) is 0 Å². The van der Waals surface area contributed by atoms with Crippen LogP contribution in [0.25, 0.3) is 0 Å². The largest absolute Gasteiger partial charge is 0.471 e. The third-order valence-corrected chi connectivity index (χ3v) is 4.44. The van der Waals surface area contributed by atoms with E-state index in [1.165, 1.54) is 24.3 Å². The molecule has 0 aliphatic carbocycles. The molecule has 0 saturated heterocycles.